The second kappa shape index (κ2) is 7.97. The van der Waals surface area contributed by atoms with Crippen LogP contribution in [0.3, 0.4) is 0 Å². The molecule has 0 saturated heterocycles. The van der Waals surface area contributed by atoms with E-state index in [1.165, 1.54) is 17.8 Å². The molecule has 5 nitrogen and oxygen atoms in total. The normalized spacial score (nSPS) is 10.5. The summed E-state index contributed by atoms with van der Waals surface area (Å²) in [5.74, 6) is -0.198. The summed E-state index contributed by atoms with van der Waals surface area (Å²) in [4.78, 5) is 25.8. The molecule has 0 heterocycles. The zero-order valence-electron chi connectivity index (χ0n) is 14.0. The maximum absolute atomic E-state index is 12.8. The van der Waals surface area contributed by atoms with Crippen molar-refractivity contribution < 1.29 is 9.72 Å². The summed E-state index contributed by atoms with van der Waals surface area (Å²) in [7, 11) is 0. The van der Waals surface area contributed by atoms with Gasteiger partial charge in [0.2, 0.25) is 0 Å². The van der Waals surface area contributed by atoms with Crippen LogP contribution in [0.1, 0.15) is 28.4 Å². The van der Waals surface area contributed by atoms with Gasteiger partial charge in [0.1, 0.15) is 0 Å². The van der Waals surface area contributed by atoms with Crippen LogP contribution in [0.5, 0.6) is 0 Å². The number of amides is 1. The fourth-order valence-electron chi connectivity index (χ4n) is 2.47. The van der Waals surface area contributed by atoms with Crippen molar-refractivity contribution in [1.82, 2.24) is 4.90 Å². The molecule has 126 valence electrons. The lowest BCUT2D eigenvalue weighted by molar-refractivity contribution is -0.387. The highest BCUT2D eigenvalue weighted by Crippen LogP contribution is 2.29. The Morgan fingerprint density at radius 1 is 1.25 bits per heavy atom. The maximum Gasteiger partial charge on any atom is 0.283 e. The lowest BCUT2D eigenvalue weighted by Crippen LogP contribution is -2.30. The summed E-state index contributed by atoms with van der Waals surface area (Å²) in [5, 5.41) is 11.2. The standard InChI is InChI=1S/C18H20N2O3S/c1-4-19(12-15-8-6-5-7-13(15)2)18(21)14-9-10-17(24-3)16(11-14)20(22)23/h5-11H,4,12H2,1-3H3. The number of nitro groups is 1. The smallest absolute Gasteiger partial charge is 0.283 e. The van der Waals surface area contributed by atoms with Crippen LogP contribution in [0.2, 0.25) is 0 Å². The molecule has 0 spiro atoms. The highest BCUT2D eigenvalue weighted by atomic mass is 32.2. The van der Waals surface area contributed by atoms with Crippen molar-refractivity contribution in [3.63, 3.8) is 0 Å². The molecule has 0 fully saturated rings. The fraction of sp³-hybridized carbons (Fsp3) is 0.278. The van der Waals surface area contributed by atoms with Crippen LogP contribution < -0.4 is 0 Å². The third kappa shape index (κ3) is 3.94. The number of rotatable bonds is 6. The summed E-state index contributed by atoms with van der Waals surface area (Å²) in [6, 6.07) is 12.6. The molecule has 0 aliphatic heterocycles. The van der Waals surface area contributed by atoms with E-state index in [9.17, 15) is 14.9 Å². The van der Waals surface area contributed by atoms with Crippen LogP contribution in [-0.2, 0) is 6.54 Å². The van der Waals surface area contributed by atoms with E-state index in [1.54, 1.807) is 23.3 Å². The largest absolute Gasteiger partial charge is 0.335 e. The molecule has 0 radical (unpaired) electrons. The average Bonchev–Trinajstić information content (AvgIpc) is 2.59. The minimum atomic E-state index is -0.444. The summed E-state index contributed by atoms with van der Waals surface area (Å²) >= 11 is 1.30. The van der Waals surface area contributed by atoms with Gasteiger partial charge in [0, 0.05) is 24.7 Å². The second-order valence-corrected chi connectivity index (χ2v) is 6.24. The van der Waals surface area contributed by atoms with E-state index in [-0.39, 0.29) is 11.6 Å². The van der Waals surface area contributed by atoms with Gasteiger partial charge >= 0.3 is 0 Å². The molecule has 0 aliphatic rings. The minimum Gasteiger partial charge on any atom is -0.335 e. The van der Waals surface area contributed by atoms with E-state index in [4.69, 9.17) is 0 Å². The maximum atomic E-state index is 12.8. The van der Waals surface area contributed by atoms with Gasteiger partial charge in [-0.25, -0.2) is 0 Å². The van der Waals surface area contributed by atoms with E-state index in [2.05, 4.69) is 0 Å². The lowest BCUT2D eigenvalue weighted by Gasteiger charge is -2.22. The lowest BCUT2D eigenvalue weighted by atomic mass is 10.1. The Labute approximate surface area is 145 Å². The Balaban J connectivity index is 2.30. The molecule has 24 heavy (non-hydrogen) atoms. The summed E-state index contributed by atoms with van der Waals surface area (Å²) < 4.78 is 0. The quantitative estimate of drug-likeness (QED) is 0.445. The van der Waals surface area contributed by atoms with Crippen molar-refractivity contribution in [2.45, 2.75) is 25.3 Å². The SMILES string of the molecule is CCN(Cc1ccccc1C)C(=O)c1ccc(SC)c([N+](=O)[O-])c1. The Bertz CT molecular complexity index is 762. The molecule has 0 aliphatic carbocycles. The molecule has 0 unspecified atom stereocenters. The van der Waals surface area contributed by atoms with Gasteiger partial charge in [0.25, 0.3) is 11.6 Å². The van der Waals surface area contributed by atoms with E-state index < -0.39 is 4.92 Å². The van der Waals surface area contributed by atoms with Crippen LogP contribution in [-0.4, -0.2) is 28.5 Å². The number of aryl methyl sites for hydroxylation is 1. The molecule has 2 rings (SSSR count). The first-order chi connectivity index (χ1) is 11.5. The third-order valence-electron chi connectivity index (χ3n) is 3.91. The van der Waals surface area contributed by atoms with Gasteiger partial charge in [0.15, 0.2) is 0 Å². The number of nitro benzene ring substituents is 1. The first kappa shape index (κ1) is 18.0. The van der Waals surface area contributed by atoms with E-state index >= 15 is 0 Å². The van der Waals surface area contributed by atoms with Crippen molar-refractivity contribution in [2.75, 3.05) is 12.8 Å². The predicted molar refractivity (Wildman–Crippen MR) is 96.5 cm³/mol. The zero-order valence-corrected chi connectivity index (χ0v) is 14.8. The summed E-state index contributed by atoms with van der Waals surface area (Å²) in [5.41, 5.74) is 2.51. The topological polar surface area (TPSA) is 63.5 Å². The number of carbonyl (C=O) groups excluding carboxylic acids is 1. The van der Waals surface area contributed by atoms with Crippen molar-refractivity contribution >= 4 is 23.4 Å². The van der Waals surface area contributed by atoms with Crippen LogP contribution >= 0.6 is 11.8 Å². The Morgan fingerprint density at radius 3 is 2.54 bits per heavy atom. The van der Waals surface area contributed by atoms with Crippen molar-refractivity contribution in [3.05, 3.63) is 69.3 Å². The first-order valence-corrected chi connectivity index (χ1v) is 8.86. The predicted octanol–water partition coefficient (Wildman–Crippen LogP) is 4.29. The fourth-order valence-corrected chi connectivity index (χ4v) is 3.02. The molecule has 2 aromatic rings. The number of carbonyl (C=O) groups is 1. The van der Waals surface area contributed by atoms with Gasteiger partial charge in [0.05, 0.1) is 9.82 Å². The van der Waals surface area contributed by atoms with E-state index in [0.29, 0.717) is 23.5 Å². The molecule has 0 bridgehead atoms. The van der Waals surface area contributed by atoms with Gasteiger partial charge in [-0.15, -0.1) is 11.8 Å². The Morgan fingerprint density at radius 2 is 1.96 bits per heavy atom. The minimum absolute atomic E-state index is 0.0275. The summed E-state index contributed by atoms with van der Waals surface area (Å²) in [6.07, 6.45) is 1.78. The number of hydrogen-bond acceptors (Lipinski definition) is 4. The van der Waals surface area contributed by atoms with Gasteiger partial charge in [-0.1, -0.05) is 24.3 Å². The second-order valence-electron chi connectivity index (χ2n) is 5.39. The van der Waals surface area contributed by atoms with Crippen molar-refractivity contribution in [2.24, 2.45) is 0 Å². The molecular weight excluding hydrogens is 324 g/mol. The number of benzene rings is 2. The molecule has 2 aromatic carbocycles. The van der Waals surface area contributed by atoms with Gasteiger partial charge in [-0.3, -0.25) is 14.9 Å². The highest BCUT2D eigenvalue weighted by molar-refractivity contribution is 7.98. The van der Waals surface area contributed by atoms with Crippen molar-refractivity contribution in [3.8, 4) is 0 Å². The molecule has 0 N–H and O–H groups in total. The molecule has 6 heteroatoms. The monoisotopic (exact) mass is 344 g/mol. The van der Waals surface area contributed by atoms with E-state index in [1.807, 2.05) is 38.1 Å². The average molecular weight is 344 g/mol. The van der Waals surface area contributed by atoms with Crippen LogP contribution in [0.4, 0.5) is 5.69 Å². The number of thioether (sulfide) groups is 1. The first-order valence-electron chi connectivity index (χ1n) is 7.64. The molecule has 0 aromatic heterocycles. The van der Waals surface area contributed by atoms with Gasteiger partial charge in [-0.05, 0) is 43.4 Å². The molecular formula is C18H20N2O3S. The number of nitrogens with zero attached hydrogens (tertiary/aromatic N) is 2. The van der Waals surface area contributed by atoms with Gasteiger partial charge in [-0.2, -0.15) is 0 Å². The third-order valence-corrected chi connectivity index (χ3v) is 4.70. The van der Waals surface area contributed by atoms with Crippen LogP contribution in [0.15, 0.2) is 47.4 Å². The zero-order chi connectivity index (χ0) is 17.7. The molecule has 1 amide bonds. The van der Waals surface area contributed by atoms with Gasteiger partial charge < -0.3 is 4.90 Å². The Kier molecular flexibility index (Phi) is 5.98. The molecule has 0 saturated carbocycles. The summed E-state index contributed by atoms with van der Waals surface area (Å²) in [6.45, 7) is 4.93. The Hall–Kier alpha value is -2.34. The highest BCUT2D eigenvalue weighted by Gasteiger charge is 2.20. The van der Waals surface area contributed by atoms with Crippen LogP contribution in [0, 0.1) is 17.0 Å². The van der Waals surface area contributed by atoms with Crippen LogP contribution in [0.25, 0.3) is 0 Å². The molecule has 0 atom stereocenters. The number of hydrogen-bond donors (Lipinski definition) is 0. The van der Waals surface area contributed by atoms with Crippen molar-refractivity contribution in [1.29, 1.82) is 0 Å². The van der Waals surface area contributed by atoms with E-state index in [0.717, 1.165) is 11.1 Å².